The standard InChI is InChI=1S/C19H21N3OS/c1-13-4-8-16(9-5-13)21-18(23)22(19-20-12-15(3)24-19)17-10-6-14(2)7-11-17/h4-11,15H,12H2,1-3H3,(H,21,23). The summed E-state index contributed by atoms with van der Waals surface area (Å²) in [5.41, 5.74) is 3.92. The Kier molecular flexibility index (Phi) is 4.90. The molecular formula is C19H21N3OS. The molecule has 5 heteroatoms. The molecule has 1 heterocycles. The number of thioether (sulfide) groups is 1. The van der Waals surface area contributed by atoms with Gasteiger partial charge in [0.25, 0.3) is 0 Å². The van der Waals surface area contributed by atoms with Gasteiger partial charge in [-0.15, -0.1) is 0 Å². The lowest BCUT2D eigenvalue weighted by Gasteiger charge is -2.23. The molecule has 0 saturated carbocycles. The average Bonchev–Trinajstić information content (AvgIpc) is 2.98. The molecule has 0 spiro atoms. The van der Waals surface area contributed by atoms with Crippen LogP contribution in [-0.2, 0) is 0 Å². The van der Waals surface area contributed by atoms with Gasteiger partial charge in [-0.05, 0) is 38.1 Å². The zero-order valence-corrected chi connectivity index (χ0v) is 14.9. The number of amides is 2. The average molecular weight is 339 g/mol. The summed E-state index contributed by atoms with van der Waals surface area (Å²) in [5.74, 6) is 0. The number of nitrogens with one attached hydrogen (secondary N) is 1. The minimum Gasteiger partial charge on any atom is -0.307 e. The predicted molar refractivity (Wildman–Crippen MR) is 103 cm³/mol. The Balaban J connectivity index is 1.87. The smallest absolute Gasteiger partial charge is 0.307 e. The molecule has 0 radical (unpaired) electrons. The Bertz CT molecular complexity index is 753. The van der Waals surface area contributed by atoms with E-state index in [4.69, 9.17) is 0 Å². The van der Waals surface area contributed by atoms with Crippen molar-refractivity contribution in [2.24, 2.45) is 4.99 Å². The van der Waals surface area contributed by atoms with E-state index in [0.29, 0.717) is 5.25 Å². The van der Waals surface area contributed by atoms with Crippen LogP contribution in [0.3, 0.4) is 0 Å². The molecule has 24 heavy (non-hydrogen) atoms. The maximum atomic E-state index is 12.9. The molecule has 1 N–H and O–H groups in total. The minimum atomic E-state index is -0.192. The van der Waals surface area contributed by atoms with E-state index < -0.39 is 0 Å². The molecule has 1 unspecified atom stereocenters. The van der Waals surface area contributed by atoms with Crippen molar-refractivity contribution in [1.82, 2.24) is 0 Å². The van der Waals surface area contributed by atoms with Gasteiger partial charge >= 0.3 is 6.03 Å². The highest BCUT2D eigenvalue weighted by atomic mass is 32.2. The quantitative estimate of drug-likeness (QED) is 0.851. The number of aryl methyl sites for hydroxylation is 2. The highest BCUT2D eigenvalue weighted by molar-refractivity contribution is 8.15. The summed E-state index contributed by atoms with van der Waals surface area (Å²) >= 11 is 1.63. The van der Waals surface area contributed by atoms with Gasteiger partial charge in [0, 0.05) is 10.9 Å². The molecule has 0 fully saturated rings. The Morgan fingerprint density at radius 3 is 2.21 bits per heavy atom. The van der Waals surface area contributed by atoms with Gasteiger partial charge in [0.1, 0.15) is 0 Å². The van der Waals surface area contributed by atoms with Crippen molar-refractivity contribution in [3.8, 4) is 0 Å². The fourth-order valence-electron chi connectivity index (χ4n) is 2.41. The number of aliphatic imine (C=N–C) groups is 1. The van der Waals surface area contributed by atoms with Gasteiger partial charge in [0.15, 0.2) is 5.17 Å². The molecule has 1 aliphatic rings. The Morgan fingerprint density at radius 1 is 1.08 bits per heavy atom. The summed E-state index contributed by atoms with van der Waals surface area (Å²) in [6.45, 7) is 6.91. The Hall–Kier alpha value is -2.27. The summed E-state index contributed by atoms with van der Waals surface area (Å²) in [7, 11) is 0. The van der Waals surface area contributed by atoms with Crippen LogP contribution >= 0.6 is 11.8 Å². The van der Waals surface area contributed by atoms with Crippen LogP contribution in [0.15, 0.2) is 53.5 Å². The van der Waals surface area contributed by atoms with Crippen LogP contribution < -0.4 is 10.2 Å². The van der Waals surface area contributed by atoms with Crippen LogP contribution in [0.5, 0.6) is 0 Å². The van der Waals surface area contributed by atoms with Crippen molar-refractivity contribution in [2.75, 3.05) is 16.8 Å². The Morgan fingerprint density at radius 2 is 1.67 bits per heavy atom. The van der Waals surface area contributed by atoms with E-state index in [1.165, 1.54) is 0 Å². The van der Waals surface area contributed by atoms with Gasteiger partial charge in [0.05, 0.1) is 12.2 Å². The van der Waals surface area contributed by atoms with E-state index in [1.807, 2.05) is 62.4 Å². The van der Waals surface area contributed by atoms with Crippen LogP contribution in [0, 0.1) is 13.8 Å². The molecule has 0 aromatic heterocycles. The van der Waals surface area contributed by atoms with Gasteiger partial charge in [-0.25, -0.2) is 9.69 Å². The fraction of sp³-hybridized carbons (Fsp3) is 0.263. The van der Waals surface area contributed by atoms with E-state index >= 15 is 0 Å². The van der Waals surface area contributed by atoms with Gasteiger partial charge in [0.2, 0.25) is 0 Å². The zero-order valence-electron chi connectivity index (χ0n) is 14.1. The van der Waals surface area contributed by atoms with E-state index in [0.717, 1.165) is 34.2 Å². The number of hydrogen-bond acceptors (Lipinski definition) is 3. The maximum absolute atomic E-state index is 12.9. The summed E-state index contributed by atoms with van der Waals surface area (Å²) in [4.78, 5) is 19.1. The van der Waals surface area contributed by atoms with Gasteiger partial charge in [-0.2, -0.15) is 0 Å². The number of rotatable bonds is 2. The molecule has 0 aliphatic carbocycles. The first-order valence-electron chi connectivity index (χ1n) is 7.98. The molecule has 2 aromatic carbocycles. The van der Waals surface area contributed by atoms with Crippen molar-refractivity contribution in [1.29, 1.82) is 0 Å². The summed E-state index contributed by atoms with van der Waals surface area (Å²) in [5, 5.41) is 4.10. The van der Waals surface area contributed by atoms with Crippen LogP contribution in [0.2, 0.25) is 0 Å². The minimum absolute atomic E-state index is 0.192. The van der Waals surface area contributed by atoms with Crippen molar-refractivity contribution in [3.63, 3.8) is 0 Å². The fourth-order valence-corrected chi connectivity index (χ4v) is 3.36. The number of benzene rings is 2. The normalized spacial score (nSPS) is 16.6. The Labute approximate surface area is 147 Å². The first kappa shape index (κ1) is 16.6. The lowest BCUT2D eigenvalue weighted by molar-refractivity contribution is 0.259. The SMILES string of the molecule is Cc1ccc(NC(=O)N(C2=NCC(C)S2)c2ccc(C)cc2)cc1. The van der Waals surface area contributed by atoms with Crippen molar-refractivity contribution < 1.29 is 4.79 Å². The highest BCUT2D eigenvalue weighted by Gasteiger charge is 2.27. The number of anilines is 2. The first-order valence-corrected chi connectivity index (χ1v) is 8.86. The highest BCUT2D eigenvalue weighted by Crippen LogP contribution is 2.28. The second-order valence-corrected chi connectivity index (χ2v) is 7.42. The monoisotopic (exact) mass is 339 g/mol. The zero-order chi connectivity index (χ0) is 17.1. The maximum Gasteiger partial charge on any atom is 0.332 e. The molecule has 1 aliphatic heterocycles. The lowest BCUT2D eigenvalue weighted by Crippen LogP contribution is -2.38. The molecule has 0 bridgehead atoms. The summed E-state index contributed by atoms with van der Waals surface area (Å²) < 4.78 is 0. The summed E-state index contributed by atoms with van der Waals surface area (Å²) in [6, 6.07) is 15.5. The van der Waals surface area contributed by atoms with E-state index in [9.17, 15) is 4.79 Å². The molecule has 2 aromatic rings. The summed E-state index contributed by atoms with van der Waals surface area (Å²) in [6.07, 6.45) is 0. The molecule has 2 amide bonds. The van der Waals surface area contributed by atoms with Gasteiger partial charge in [-0.3, -0.25) is 4.99 Å². The molecular weight excluding hydrogens is 318 g/mol. The van der Waals surface area contributed by atoms with Crippen molar-refractivity contribution in [3.05, 3.63) is 59.7 Å². The third-order valence-electron chi connectivity index (χ3n) is 3.78. The van der Waals surface area contributed by atoms with E-state index in [-0.39, 0.29) is 6.03 Å². The van der Waals surface area contributed by atoms with Crippen LogP contribution in [0.1, 0.15) is 18.1 Å². The topological polar surface area (TPSA) is 44.7 Å². The third kappa shape index (κ3) is 3.79. The van der Waals surface area contributed by atoms with Crippen LogP contribution in [0.4, 0.5) is 16.2 Å². The largest absolute Gasteiger partial charge is 0.332 e. The number of carbonyl (C=O) groups excluding carboxylic acids is 1. The van der Waals surface area contributed by atoms with Crippen LogP contribution in [0.25, 0.3) is 0 Å². The number of hydrogen-bond donors (Lipinski definition) is 1. The van der Waals surface area contributed by atoms with Gasteiger partial charge in [-0.1, -0.05) is 54.1 Å². The molecule has 4 nitrogen and oxygen atoms in total. The molecule has 0 saturated heterocycles. The van der Waals surface area contributed by atoms with Crippen LogP contribution in [-0.4, -0.2) is 23.0 Å². The van der Waals surface area contributed by atoms with E-state index in [1.54, 1.807) is 16.7 Å². The third-order valence-corrected chi connectivity index (χ3v) is 4.85. The van der Waals surface area contributed by atoms with Gasteiger partial charge < -0.3 is 5.32 Å². The second kappa shape index (κ2) is 7.09. The lowest BCUT2D eigenvalue weighted by atomic mass is 10.2. The number of urea groups is 1. The van der Waals surface area contributed by atoms with Crippen molar-refractivity contribution in [2.45, 2.75) is 26.0 Å². The number of carbonyl (C=O) groups is 1. The molecule has 3 rings (SSSR count). The first-order chi connectivity index (χ1) is 11.5. The second-order valence-electron chi connectivity index (χ2n) is 6.02. The predicted octanol–water partition coefficient (Wildman–Crippen LogP) is 4.83. The van der Waals surface area contributed by atoms with E-state index in [2.05, 4.69) is 17.2 Å². The number of nitrogens with zero attached hydrogens (tertiary/aromatic N) is 2. The number of amidine groups is 1. The molecule has 1 atom stereocenters. The van der Waals surface area contributed by atoms with Crippen molar-refractivity contribution >= 4 is 34.3 Å². The molecule has 124 valence electrons.